The molecule has 1 aromatic heterocycles. The lowest BCUT2D eigenvalue weighted by atomic mass is 10.1. The molecule has 1 heterocycles. The molecule has 1 amide bonds. The average molecular weight is 406 g/mol. The molecule has 0 atom stereocenters. The van der Waals surface area contributed by atoms with Crippen molar-refractivity contribution in [3.8, 4) is 0 Å². The zero-order chi connectivity index (χ0) is 20.3. The van der Waals surface area contributed by atoms with Gasteiger partial charge in [0.05, 0.1) is 29.0 Å². The fraction of sp³-hybridized carbons (Fsp3) is 0.0455. The van der Waals surface area contributed by atoms with Crippen LogP contribution in [0.2, 0.25) is 0 Å². The van der Waals surface area contributed by atoms with Crippen molar-refractivity contribution in [1.29, 1.82) is 0 Å². The summed E-state index contributed by atoms with van der Waals surface area (Å²) in [6.07, 6.45) is 1.52. The maximum absolute atomic E-state index is 12.9. The van der Waals surface area contributed by atoms with Gasteiger partial charge in [0.15, 0.2) is 0 Å². The number of carbonyl (C=O) groups is 1. The number of para-hydroxylation sites is 1. The summed E-state index contributed by atoms with van der Waals surface area (Å²) in [5.41, 5.74) is 0.432. The van der Waals surface area contributed by atoms with Crippen molar-refractivity contribution in [3.05, 3.63) is 96.4 Å². The first-order valence-electron chi connectivity index (χ1n) is 8.94. The van der Waals surface area contributed by atoms with Gasteiger partial charge in [-0.2, -0.15) is 0 Å². The van der Waals surface area contributed by atoms with Crippen LogP contribution in [0.15, 0.2) is 94.4 Å². The molecule has 2 N–H and O–H groups in total. The van der Waals surface area contributed by atoms with Crippen molar-refractivity contribution in [1.82, 2.24) is 5.32 Å². The van der Waals surface area contributed by atoms with Crippen LogP contribution in [0.3, 0.4) is 0 Å². The third-order valence-corrected chi connectivity index (χ3v) is 5.81. The SMILES string of the molecule is O=C(NCc1ccco1)c1ccccc1NS(=O)(=O)c1ccc2ccccc2c1. The minimum absolute atomic E-state index is 0.127. The fourth-order valence-corrected chi connectivity index (χ4v) is 4.10. The van der Waals surface area contributed by atoms with E-state index in [-0.39, 0.29) is 22.7 Å². The number of anilines is 1. The van der Waals surface area contributed by atoms with Gasteiger partial charge in [0.25, 0.3) is 15.9 Å². The van der Waals surface area contributed by atoms with Crippen LogP contribution in [0.4, 0.5) is 5.69 Å². The van der Waals surface area contributed by atoms with Gasteiger partial charge in [-0.1, -0.05) is 42.5 Å². The molecule has 0 fully saturated rings. The van der Waals surface area contributed by atoms with Crippen molar-refractivity contribution < 1.29 is 17.6 Å². The maximum atomic E-state index is 12.9. The maximum Gasteiger partial charge on any atom is 0.261 e. The molecule has 3 aromatic carbocycles. The highest BCUT2D eigenvalue weighted by Crippen LogP contribution is 2.23. The van der Waals surface area contributed by atoms with Gasteiger partial charge in [0.2, 0.25) is 0 Å². The average Bonchev–Trinajstić information content (AvgIpc) is 3.25. The van der Waals surface area contributed by atoms with Crippen LogP contribution in [-0.2, 0) is 16.6 Å². The molecule has 0 radical (unpaired) electrons. The molecule has 6 nitrogen and oxygen atoms in total. The van der Waals surface area contributed by atoms with Gasteiger partial charge in [-0.05, 0) is 47.2 Å². The van der Waals surface area contributed by atoms with Gasteiger partial charge in [-0.3, -0.25) is 9.52 Å². The Bertz CT molecular complexity index is 1260. The number of hydrogen-bond donors (Lipinski definition) is 2. The van der Waals surface area contributed by atoms with Gasteiger partial charge in [-0.25, -0.2) is 8.42 Å². The first-order valence-corrected chi connectivity index (χ1v) is 10.4. The van der Waals surface area contributed by atoms with E-state index in [2.05, 4.69) is 10.0 Å². The van der Waals surface area contributed by atoms with E-state index >= 15 is 0 Å². The van der Waals surface area contributed by atoms with Gasteiger partial charge in [0.1, 0.15) is 5.76 Å². The number of rotatable bonds is 6. The highest BCUT2D eigenvalue weighted by Gasteiger charge is 2.19. The summed E-state index contributed by atoms with van der Waals surface area (Å²) in [6, 6.07) is 22.4. The molecule has 0 aliphatic rings. The number of fused-ring (bicyclic) bond motifs is 1. The summed E-state index contributed by atoms with van der Waals surface area (Å²) in [5, 5.41) is 4.49. The molecule has 146 valence electrons. The molecule has 4 aromatic rings. The smallest absolute Gasteiger partial charge is 0.261 e. The largest absolute Gasteiger partial charge is 0.467 e. The summed E-state index contributed by atoms with van der Waals surface area (Å²) < 4.78 is 33.5. The van der Waals surface area contributed by atoms with Gasteiger partial charge < -0.3 is 9.73 Å². The lowest BCUT2D eigenvalue weighted by Crippen LogP contribution is -2.24. The van der Waals surface area contributed by atoms with Crippen LogP contribution in [0.1, 0.15) is 16.1 Å². The Morgan fingerprint density at radius 3 is 2.41 bits per heavy atom. The minimum Gasteiger partial charge on any atom is -0.467 e. The molecule has 0 aliphatic carbocycles. The van der Waals surface area contributed by atoms with E-state index in [1.165, 1.54) is 6.26 Å². The summed E-state index contributed by atoms with van der Waals surface area (Å²) in [5.74, 6) is 0.200. The minimum atomic E-state index is -3.87. The quantitative estimate of drug-likeness (QED) is 0.503. The van der Waals surface area contributed by atoms with Crippen LogP contribution < -0.4 is 10.0 Å². The van der Waals surface area contributed by atoms with E-state index in [1.54, 1.807) is 54.6 Å². The van der Waals surface area contributed by atoms with E-state index in [9.17, 15) is 13.2 Å². The summed E-state index contributed by atoms with van der Waals surface area (Å²) >= 11 is 0. The predicted octanol–water partition coefficient (Wildman–Crippen LogP) is 4.16. The predicted molar refractivity (Wildman–Crippen MR) is 111 cm³/mol. The highest BCUT2D eigenvalue weighted by molar-refractivity contribution is 7.92. The number of hydrogen-bond acceptors (Lipinski definition) is 4. The van der Waals surface area contributed by atoms with Crippen molar-refractivity contribution >= 4 is 32.4 Å². The molecule has 0 saturated carbocycles. The summed E-state index contributed by atoms with van der Waals surface area (Å²) in [4.78, 5) is 12.7. The lowest BCUT2D eigenvalue weighted by molar-refractivity contribution is 0.0949. The molecule has 0 aliphatic heterocycles. The Morgan fingerprint density at radius 2 is 1.62 bits per heavy atom. The highest BCUT2D eigenvalue weighted by atomic mass is 32.2. The number of nitrogens with one attached hydrogen (secondary N) is 2. The fourth-order valence-electron chi connectivity index (χ4n) is 2.98. The van der Waals surface area contributed by atoms with Gasteiger partial charge in [-0.15, -0.1) is 0 Å². The Labute approximate surface area is 168 Å². The van der Waals surface area contributed by atoms with E-state index in [0.717, 1.165) is 10.8 Å². The molecule has 0 spiro atoms. The zero-order valence-corrected chi connectivity index (χ0v) is 16.1. The summed E-state index contributed by atoms with van der Waals surface area (Å²) in [6.45, 7) is 0.206. The number of benzene rings is 3. The van der Waals surface area contributed by atoms with Crippen molar-refractivity contribution in [2.24, 2.45) is 0 Å². The second-order valence-electron chi connectivity index (χ2n) is 6.42. The Kier molecular flexibility index (Phi) is 5.05. The van der Waals surface area contributed by atoms with Crippen LogP contribution in [-0.4, -0.2) is 14.3 Å². The molecule has 0 bridgehead atoms. The van der Waals surface area contributed by atoms with Crippen LogP contribution in [0.25, 0.3) is 10.8 Å². The van der Waals surface area contributed by atoms with Crippen LogP contribution >= 0.6 is 0 Å². The Balaban J connectivity index is 1.58. The van der Waals surface area contributed by atoms with Crippen LogP contribution in [0, 0.1) is 0 Å². The van der Waals surface area contributed by atoms with E-state index in [1.807, 2.05) is 24.3 Å². The number of carbonyl (C=O) groups excluding carboxylic acids is 1. The molecule has 0 saturated heterocycles. The van der Waals surface area contributed by atoms with E-state index < -0.39 is 15.9 Å². The first kappa shape index (κ1) is 18.8. The first-order chi connectivity index (χ1) is 14.0. The number of sulfonamides is 1. The van der Waals surface area contributed by atoms with E-state index in [0.29, 0.717) is 5.76 Å². The Hall–Kier alpha value is -3.58. The molecule has 4 rings (SSSR count). The standard InChI is InChI=1S/C22H18N2O4S/c25-22(23-15-18-8-5-13-28-18)20-9-3-4-10-21(20)24-29(26,27)19-12-11-16-6-1-2-7-17(16)14-19/h1-14,24H,15H2,(H,23,25). The second kappa shape index (κ2) is 7.81. The normalized spacial score (nSPS) is 11.3. The number of furan rings is 1. The van der Waals surface area contributed by atoms with Crippen molar-refractivity contribution in [2.45, 2.75) is 11.4 Å². The molecular weight excluding hydrogens is 388 g/mol. The zero-order valence-electron chi connectivity index (χ0n) is 15.3. The van der Waals surface area contributed by atoms with E-state index in [4.69, 9.17) is 4.42 Å². The molecule has 7 heteroatoms. The molecule has 0 unspecified atom stereocenters. The third kappa shape index (κ3) is 4.14. The monoisotopic (exact) mass is 406 g/mol. The molecule has 29 heavy (non-hydrogen) atoms. The van der Waals surface area contributed by atoms with Gasteiger partial charge in [0, 0.05) is 0 Å². The lowest BCUT2D eigenvalue weighted by Gasteiger charge is -2.13. The topological polar surface area (TPSA) is 88.4 Å². The van der Waals surface area contributed by atoms with Crippen molar-refractivity contribution in [3.63, 3.8) is 0 Å². The molecular formula is C22H18N2O4S. The Morgan fingerprint density at radius 1 is 0.862 bits per heavy atom. The second-order valence-corrected chi connectivity index (χ2v) is 8.10. The van der Waals surface area contributed by atoms with Crippen molar-refractivity contribution in [2.75, 3.05) is 4.72 Å². The number of amides is 1. The van der Waals surface area contributed by atoms with Crippen LogP contribution in [0.5, 0.6) is 0 Å². The summed E-state index contributed by atoms with van der Waals surface area (Å²) in [7, 11) is -3.87. The third-order valence-electron chi connectivity index (χ3n) is 4.45. The van der Waals surface area contributed by atoms with Gasteiger partial charge >= 0.3 is 0 Å².